The smallest absolute Gasteiger partial charge is 0.0595 e. The minimum atomic E-state index is -0.00120. The van der Waals surface area contributed by atoms with E-state index in [1.807, 2.05) is 0 Å². The molecule has 2 heteroatoms. The van der Waals surface area contributed by atoms with Gasteiger partial charge in [0.05, 0.1) is 6.10 Å². The predicted molar refractivity (Wildman–Crippen MR) is 44.4 cm³/mol. The van der Waals surface area contributed by atoms with Gasteiger partial charge in [0.25, 0.3) is 0 Å². The van der Waals surface area contributed by atoms with Crippen molar-refractivity contribution in [3.05, 3.63) is 0 Å². The van der Waals surface area contributed by atoms with E-state index in [2.05, 4.69) is 11.9 Å². The summed E-state index contributed by atoms with van der Waals surface area (Å²) in [7, 11) is 2.19. The van der Waals surface area contributed by atoms with E-state index in [9.17, 15) is 5.11 Å². The van der Waals surface area contributed by atoms with E-state index in [-0.39, 0.29) is 6.10 Å². The maximum absolute atomic E-state index is 9.67. The van der Waals surface area contributed by atoms with Crippen molar-refractivity contribution in [1.82, 2.24) is 4.90 Å². The summed E-state index contributed by atoms with van der Waals surface area (Å²) in [6.07, 6.45) is 4.85. The van der Waals surface area contributed by atoms with Gasteiger partial charge >= 0.3 is 0 Å². The number of rotatable bonds is 0. The summed E-state index contributed by atoms with van der Waals surface area (Å²) in [5.74, 6) is 0.591. The summed E-state index contributed by atoms with van der Waals surface area (Å²) in [6.45, 7) is 1.09. The lowest BCUT2D eigenvalue weighted by Crippen LogP contribution is -2.46. The molecule has 3 unspecified atom stereocenters. The molecular weight excluding hydrogens is 138 g/mol. The molecule has 3 atom stereocenters. The lowest BCUT2D eigenvalue weighted by atomic mass is 9.90. The van der Waals surface area contributed by atoms with Crippen LogP contribution in [-0.4, -0.2) is 35.7 Å². The van der Waals surface area contributed by atoms with Gasteiger partial charge in [0, 0.05) is 18.5 Å². The Morgan fingerprint density at radius 1 is 1.27 bits per heavy atom. The molecule has 1 saturated carbocycles. The first-order valence-corrected chi connectivity index (χ1v) is 4.67. The predicted octanol–water partition coefficient (Wildman–Crippen LogP) is 0.851. The second-order valence-corrected chi connectivity index (χ2v) is 4.00. The Hall–Kier alpha value is -0.0800. The number of hydrogen-bond acceptors (Lipinski definition) is 2. The molecule has 64 valence electrons. The number of fused-ring (bicyclic) bond motifs is 1. The van der Waals surface area contributed by atoms with Gasteiger partial charge in [-0.05, 0) is 26.3 Å². The van der Waals surface area contributed by atoms with Crippen molar-refractivity contribution in [1.29, 1.82) is 0 Å². The minimum Gasteiger partial charge on any atom is -0.393 e. The quantitative estimate of drug-likeness (QED) is 0.560. The van der Waals surface area contributed by atoms with Crippen LogP contribution < -0.4 is 0 Å². The first-order chi connectivity index (χ1) is 5.29. The highest BCUT2D eigenvalue weighted by Gasteiger charge is 2.38. The standard InChI is InChI=1S/C9H17NO/c1-10-6-5-9(11)7-3-2-4-8(7)10/h7-9,11H,2-6H2,1H3. The molecule has 1 aliphatic carbocycles. The van der Waals surface area contributed by atoms with Crippen LogP contribution in [0.1, 0.15) is 25.7 Å². The molecule has 1 heterocycles. The molecule has 0 spiro atoms. The van der Waals surface area contributed by atoms with Crippen LogP contribution in [0.4, 0.5) is 0 Å². The molecule has 0 aromatic heterocycles. The summed E-state index contributed by atoms with van der Waals surface area (Å²) in [5, 5.41) is 9.67. The summed E-state index contributed by atoms with van der Waals surface area (Å²) in [5.41, 5.74) is 0. The van der Waals surface area contributed by atoms with Crippen LogP contribution in [0, 0.1) is 5.92 Å². The van der Waals surface area contributed by atoms with E-state index in [1.54, 1.807) is 0 Å². The summed E-state index contributed by atoms with van der Waals surface area (Å²) in [6, 6.07) is 0.693. The topological polar surface area (TPSA) is 23.5 Å². The average molecular weight is 155 g/mol. The van der Waals surface area contributed by atoms with E-state index in [4.69, 9.17) is 0 Å². The van der Waals surface area contributed by atoms with Crippen molar-refractivity contribution in [2.75, 3.05) is 13.6 Å². The maximum Gasteiger partial charge on any atom is 0.0595 e. The number of likely N-dealkylation sites (tertiary alicyclic amines) is 1. The normalized spacial score (nSPS) is 45.8. The largest absolute Gasteiger partial charge is 0.393 e. The maximum atomic E-state index is 9.67. The van der Waals surface area contributed by atoms with Crippen LogP contribution in [0.5, 0.6) is 0 Å². The van der Waals surface area contributed by atoms with E-state index in [0.29, 0.717) is 12.0 Å². The molecule has 1 saturated heterocycles. The molecule has 0 aromatic carbocycles. The monoisotopic (exact) mass is 155 g/mol. The van der Waals surface area contributed by atoms with Crippen molar-refractivity contribution in [2.24, 2.45) is 5.92 Å². The van der Waals surface area contributed by atoms with E-state index in [0.717, 1.165) is 13.0 Å². The average Bonchev–Trinajstić information content (AvgIpc) is 2.45. The molecule has 0 amide bonds. The summed E-state index contributed by atoms with van der Waals surface area (Å²) in [4.78, 5) is 2.42. The van der Waals surface area contributed by atoms with E-state index < -0.39 is 0 Å². The first kappa shape index (κ1) is 7.56. The van der Waals surface area contributed by atoms with Gasteiger partial charge in [-0.15, -0.1) is 0 Å². The zero-order valence-corrected chi connectivity index (χ0v) is 7.16. The second kappa shape index (κ2) is 2.76. The zero-order valence-electron chi connectivity index (χ0n) is 7.16. The van der Waals surface area contributed by atoms with Gasteiger partial charge in [-0.3, -0.25) is 0 Å². The number of aliphatic hydroxyl groups excluding tert-OH is 1. The zero-order chi connectivity index (χ0) is 7.84. The van der Waals surface area contributed by atoms with Gasteiger partial charge in [0.1, 0.15) is 0 Å². The van der Waals surface area contributed by atoms with Gasteiger partial charge < -0.3 is 10.0 Å². The van der Waals surface area contributed by atoms with Crippen molar-refractivity contribution in [3.8, 4) is 0 Å². The van der Waals surface area contributed by atoms with Crippen molar-refractivity contribution in [2.45, 2.75) is 37.8 Å². The Labute approximate surface area is 68.2 Å². The van der Waals surface area contributed by atoms with Gasteiger partial charge in [-0.1, -0.05) is 6.42 Å². The van der Waals surface area contributed by atoms with Crippen molar-refractivity contribution in [3.63, 3.8) is 0 Å². The molecule has 2 nitrogen and oxygen atoms in total. The lowest BCUT2D eigenvalue weighted by Gasteiger charge is -2.38. The molecule has 11 heavy (non-hydrogen) atoms. The van der Waals surface area contributed by atoms with Crippen LogP contribution in [0.2, 0.25) is 0 Å². The third kappa shape index (κ3) is 1.18. The number of aliphatic hydroxyl groups is 1. The molecular formula is C9H17NO. The van der Waals surface area contributed by atoms with Crippen LogP contribution in [0.15, 0.2) is 0 Å². The fraction of sp³-hybridized carbons (Fsp3) is 1.00. The minimum absolute atomic E-state index is 0.00120. The highest BCUT2D eigenvalue weighted by molar-refractivity contribution is 4.92. The van der Waals surface area contributed by atoms with Gasteiger partial charge in [-0.25, -0.2) is 0 Å². The van der Waals surface area contributed by atoms with Gasteiger partial charge in [0.2, 0.25) is 0 Å². The molecule has 1 N–H and O–H groups in total. The Morgan fingerprint density at radius 2 is 2.09 bits per heavy atom. The highest BCUT2D eigenvalue weighted by atomic mass is 16.3. The van der Waals surface area contributed by atoms with E-state index >= 15 is 0 Å². The molecule has 0 radical (unpaired) electrons. The molecule has 0 bridgehead atoms. The third-order valence-corrected chi connectivity index (χ3v) is 3.37. The Kier molecular flexibility index (Phi) is 1.90. The number of hydrogen-bond donors (Lipinski definition) is 1. The highest BCUT2D eigenvalue weighted by Crippen LogP contribution is 2.35. The SMILES string of the molecule is CN1CCC(O)C2CCCC21. The molecule has 1 aliphatic heterocycles. The lowest BCUT2D eigenvalue weighted by molar-refractivity contribution is 0.00996. The van der Waals surface area contributed by atoms with Crippen LogP contribution in [-0.2, 0) is 0 Å². The molecule has 0 aromatic rings. The third-order valence-electron chi connectivity index (χ3n) is 3.37. The summed E-state index contributed by atoms with van der Waals surface area (Å²) >= 11 is 0. The number of piperidine rings is 1. The Morgan fingerprint density at radius 3 is 2.82 bits per heavy atom. The van der Waals surface area contributed by atoms with Crippen LogP contribution >= 0.6 is 0 Å². The van der Waals surface area contributed by atoms with Gasteiger partial charge in [-0.2, -0.15) is 0 Å². The van der Waals surface area contributed by atoms with Crippen LogP contribution in [0.3, 0.4) is 0 Å². The number of nitrogens with zero attached hydrogens (tertiary/aromatic N) is 1. The van der Waals surface area contributed by atoms with Gasteiger partial charge in [0.15, 0.2) is 0 Å². The molecule has 2 rings (SSSR count). The van der Waals surface area contributed by atoms with Crippen molar-refractivity contribution >= 4 is 0 Å². The molecule has 2 fully saturated rings. The Balaban J connectivity index is 2.08. The first-order valence-electron chi connectivity index (χ1n) is 4.67. The van der Waals surface area contributed by atoms with E-state index in [1.165, 1.54) is 19.3 Å². The summed E-state index contributed by atoms with van der Waals surface area (Å²) < 4.78 is 0. The molecule has 2 aliphatic rings. The fourth-order valence-corrected chi connectivity index (χ4v) is 2.68. The Bertz CT molecular complexity index is 132. The van der Waals surface area contributed by atoms with Crippen molar-refractivity contribution < 1.29 is 5.11 Å². The fourth-order valence-electron chi connectivity index (χ4n) is 2.68. The van der Waals surface area contributed by atoms with Crippen LogP contribution in [0.25, 0.3) is 0 Å². The second-order valence-electron chi connectivity index (χ2n) is 4.00.